The molecule has 0 N–H and O–H groups in total. The summed E-state index contributed by atoms with van der Waals surface area (Å²) in [5, 5.41) is 4.27. The highest BCUT2D eigenvalue weighted by Gasteiger charge is 2.21. The molecule has 0 bridgehead atoms. The van der Waals surface area contributed by atoms with Crippen LogP contribution in [0.2, 0.25) is 0 Å². The summed E-state index contributed by atoms with van der Waals surface area (Å²) in [6.07, 6.45) is 8.14. The molecule has 2 aromatic heterocycles. The Bertz CT molecular complexity index is 1440. The number of aromatic nitrogens is 3. The second kappa shape index (κ2) is 12.0. The third kappa shape index (κ3) is 6.10. The molecule has 3 heterocycles. The van der Waals surface area contributed by atoms with E-state index >= 15 is 0 Å². The van der Waals surface area contributed by atoms with Gasteiger partial charge in [0.15, 0.2) is 12.1 Å². The predicted molar refractivity (Wildman–Crippen MR) is 144 cm³/mol. The highest BCUT2D eigenvalue weighted by molar-refractivity contribution is 5.77. The number of nitrogens with zero attached hydrogens (tertiary/aromatic N) is 3. The van der Waals surface area contributed by atoms with E-state index in [9.17, 15) is 4.79 Å². The van der Waals surface area contributed by atoms with Crippen LogP contribution in [0.25, 0.3) is 11.3 Å². The quantitative estimate of drug-likeness (QED) is 0.215. The first-order valence-electron chi connectivity index (χ1n) is 13.1. The molecule has 1 saturated heterocycles. The number of aryl methyl sites for hydroxylation is 1. The van der Waals surface area contributed by atoms with Crippen molar-refractivity contribution in [3.8, 4) is 23.2 Å². The van der Waals surface area contributed by atoms with Gasteiger partial charge in [0.25, 0.3) is 0 Å². The first-order chi connectivity index (χ1) is 18.6. The average molecular weight is 510 g/mol. The Balaban J connectivity index is 1.23. The Hall–Kier alpha value is -3.99. The van der Waals surface area contributed by atoms with Gasteiger partial charge in [-0.1, -0.05) is 30.0 Å². The van der Waals surface area contributed by atoms with E-state index in [4.69, 9.17) is 14.0 Å². The Labute approximate surface area is 222 Å². The standard InChI is InChI=1S/C31H31N3O4/c1-3-25-18-24(11-14-27(25)21-35)8-7-23-9-12-26(13-10-23)29-19-28(33-38-29)20-34-16-15-32-31(34)22(2)37-30-6-4-5-17-36-30/h9-16,18-19,21-22,30H,3-6,17,20H2,1-2H3/t22-,30?/m0/s1. The van der Waals surface area contributed by atoms with Crippen LogP contribution in [0.15, 0.2) is 65.4 Å². The van der Waals surface area contributed by atoms with Crippen LogP contribution < -0.4 is 0 Å². The smallest absolute Gasteiger partial charge is 0.167 e. The van der Waals surface area contributed by atoms with Crippen LogP contribution in [0.5, 0.6) is 0 Å². The van der Waals surface area contributed by atoms with Crippen LogP contribution in [-0.2, 0) is 22.4 Å². The van der Waals surface area contributed by atoms with Gasteiger partial charge >= 0.3 is 0 Å². The molecule has 5 rings (SSSR count). The fourth-order valence-electron chi connectivity index (χ4n) is 4.58. The second-order valence-corrected chi connectivity index (χ2v) is 9.38. The van der Waals surface area contributed by atoms with Crippen molar-refractivity contribution in [3.05, 3.63) is 94.7 Å². The van der Waals surface area contributed by atoms with Crippen LogP contribution in [0, 0.1) is 11.8 Å². The van der Waals surface area contributed by atoms with E-state index in [1.807, 2.05) is 73.1 Å². The molecule has 7 heteroatoms. The molecule has 0 radical (unpaired) electrons. The molecule has 1 unspecified atom stereocenters. The molecular weight excluding hydrogens is 478 g/mol. The molecular formula is C31H31N3O4. The van der Waals surface area contributed by atoms with Crippen LogP contribution >= 0.6 is 0 Å². The van der Waals surface area contributed by atoms with Crippen molar-refractivity contribution in [3.63, 3.8) is 0 Å². The van der Waals surface area contributed by atoms with E-state index in [2.05, 4.69) is 22.0 Å². The minimum absolute atomic E-state index is 0.174. The Morgan fingerprint density at radius 1 is 1.13 bits per heavy atom. The first kappa shape index (κ1) is 25.7. The molecule has 1 aliphatic rings. The van der Waals surface area contributed by atoms with Crippen LogP contribution in [-0.4, -0.2) is 33.9 Å². The number of benzene rings is 2. The molecule has 0 saturated carbocycles. The number of hydrogen-bond donors (Lipinski definition) is 0. The molecule has 2 atom stereocenters. The fraction of sp³-hybridized carbons (Fsp3) is 0.323. The van der Waals surface area contributed by atoms with Gasteiger partial charge in [-0.15, -0.1) is 0 Å². The summed E-state index contributed by atoms with van der Waals surface area (Å²) in [5.74, 6) is 7.90. The topological polar surface area (TPSA) is 79.4 Å². The highest BCUT2D eigenvalue weighted by atomic mass is 16.7. The van der Waals surface area contributed by atoms with E-state index in [1.54, 1.807) is 6.20 Å². The molecule has 2 aromatic carbocycles. The van der Waals surface area contributed by atoms with Gasteiger partial charge < -0.3 is 18.6 Å². The van der Waals surface area contributed by atoms with Crippen molar-refractivity contribution in [2.45, 2.75) is 58.5 Å². The van der Waals surface area contributed by atoms with E-state index in [0.29, 0.717) is 12.3 Å². The Kier molecular flexibility index (Phi) is 8.12. The number of carbonyl (C=O) groups excluding carboxylic acids is 1. The largest absolute Gasteiger partial charge is 0.356 e. The number of imidazole rings is 1. The number of carbonyl (C=O) groups is 1. The lowest BCUT2D eigenvalue weighted by Gasteiger charge is -2.26. The minimum Gasteiger partial charge on any atom is -0.356 e. The van der Waals surface area contributed by atoms with Gasteiger partial charge in [-0.3, -0.25) is 4.79 Å². The first-order valence-corrected chi connectivity index (χ1v) is 13.1. The van der Waals surface area contributed by atoms with Crippen molar-refractivity contribution in [1.82, 2.24) is 14.7 Å². The molecule has 1 fully saturated rings. The maximum Gasteiger partial charge on any atom is 0.167 e. The molecule has 7 nitrogen and oxygen atoms in total. The number of ether oxygens (including phenoxy) is 2. The van der Waals surface area contributed by atoms with Gasteiger partial charge in [-0.05, 0) is 74.6 Å². The van der Waals surface area contributed by atoms with Crippen LogP contribution in [0.3, 0.4) is 0 Å². The van der Waals surface area contributed by atoms with Gasteiger partial charge in [0.1, 0.15) is 23.9 Å². The number of aldehydes is 1. The maximum atomic E-state index is 11.2. The lowest BCUT2D eigenvalue weighted by atomic mass is 10.0. The zero-order chi connectivity index (χ0) is 26.3. The number of rotatable bonds is 8. The van der Waals surface area contributed by atoms with Crippen molar-refractivity contribution >= 4 is 6.29 Å². The number of hydrogen-bond acceptors (Lipinski definition) is 6. The molecule has 0 aliphatic carbocycles. The third-order valence-corrected chi connectivity index (χ3v) is 6.67. The van der Waals surface area contributed by atoms with Gasteiger partial charge in [-0.2, -0.15) is 0 Å². The van der Waals surface area contributed by atoms with Gasteiger partial charge in [-0.25, -0.2) is 4.98 Å². The lowest BCUT2D eigenvalue weighted by Crippen LogP contribution is -2.24. The molecule has 4 aromatic rings. The molecule has 194 valence electrons. The van der Waals surface area contributed by atoms with E-state index in [1.165, 1.54) is 0 Å². The summed E-state index contributed by atoms with van der Waals surface area (Å²) < 4.78 is 19.5. The Morgan fingerprint density at radius 2 is 1.95 bits per heavy atom. The van der Waals surface area contributed by atoms with E-state index in [0.717, 1.165) is 77.9 Å². The van der Waals surface area contributed by atoms with Crippen LogP contribution in [0.1, 0.15) is 77.8 Å². The molecule has 0 amide bonds. The van der Waals surface area contributed by atoms with Crippen molar-refractivity contribution in [1.29, 1.82) is 0 Å². The summed E-state index contributed by atoms with van der Waals surface area (Å²) in [6, 6.07) is 15.5. The van der Waals surface area contributed by atoms with Crippen molar-refractivity contribution < 1.29 is 18.8 Å². The van der Waals surface area contributed by atoms with E-state index in [-0.39, 0.29) is 12.4 Å². The van der Waals surface area contributed by atoms with Crippen LogP contribution in [0.4, 0.5) is 0 Å². The zero-order valence-corrected chi connectivity index (χ0v) is 21.7. The summed E-state index contributed by atoms with van der Waals surface area (Å²) >= 11 is 0. The van der Waals surface area contributed by atoms with Crippen molar-refractivity contribution in [2.75, 3.05) is 6.61 Å². The predicted octanol–water partition coefficient (Wildman–Crippen LogP) is 5.97. The van der Waals surface area contributed by atoms with Gasteiger partial charge in [0.05, 0.1) is 6.54 Å². The Morgan fingerprint density at radius 3 is 2.71 bits per heavy atom. The summed E-state index contributed by atoms with van der Waals surface area (Å²) in [4.78, 5) is 15.7. The average Bonchev–Trinajstić information content (AvgIpc) is 3.63. The molecule has 38 heavy (non-hydrogen) atoms. The minimum atomic E-state index is -0.190. The lowest BCUT2D eigenvalue weighted by molar-refractivity contribution is -0.188. The second-order valence-electron chi connectivity index (χ2n) is 9.38. The summed E-state index contributed by atoms with van der Waals surface area (Å²) in [6.45, 7) is 5.31. The maximum absolute atomic E-state index is 11.2. The monoisotopic (exact) mass is 509 g/mol. The molecule has 1 aliphatic heterocycles. The molecule has 0 spiro atoms. The zero-order valence-electron chi connectivity index (χ0n) is 21.7. The SMILES string of the molecule is CCc1cc(C#Cc2ccc(-c3cc(Cn4ccnc4[C@H](C)OC4CCCCO4)no3)cc2)ccc1C=O. The van der Waals surface area contributed by atoms with Gasteiger partial charge in [0.2, 0.25) is 0 Å². The summed E-state index contributed by atoms with van der Waals surface area (Å²) in [5.41, 5.74) is 5.23. The third-order valence-electron chi connectivity index (χ3n) is 6.67. The van der Waals surface area contributed by atoms with Crippen molar-refractivity contribution in [2.24, 2.45) is 0 Å². The fourth-order valence-corrected chi connectivity index (χ4v) is 4.58. The summed E-state index contributed by atoms with van der Waals surface area (Å²) in [7, 11) is 0. The normalized spacial score (nSPS) is 16.0. The van der Waals surface area contributed by atoms with E-state index < -0.39 is 0 Å². The van der Waals surface area contributed by atoms with Gasteiger partial charge in [0, 0.05) is 47.3 Å². The highest BCUT2D eigenvalue weighted by Crippen LogP contribution is 2.25.